The highest BCUT2D eigenvalue weighted by Crippen LogP contribution is 2.18. The molecule has 0 saturated carbocycles. The lowest BCUT2D eigenvalue weighted by molar-refractivity contribution is -0.114. The van der Waals surface area contributed by atoms with Crippen molar-refractivity contribution < 1.29 is 22.6 Å². The normalized spacial score (nSPS) is 11.4. The molecule has 12 heteroatoms. The molecule has 11 nitrogen and oxygen atoms in total. The Morgan fingerprint density at radius 1 is 1.22 bits per heavy atom. The summed E-state index contributed by atoms with van der Waals surface area (Å²) in [6, 6.07) is 5.82. The van der Waals surface area contributed by atoms with Crippen LogP contribution in [0.5, 0.6) is 0 Å². The van der Waals surface area contributed by atoms with Crippen LogP contribution in [0.3, 0.4) is 0 Å². The number of anilines is 2. The zero-order valence-corrected chi connectivity index (χ0v) is 15.6. The summed E-state index contributed by atoms with van der Waals surface area (Å²) in [5, 5.41) is 11.8. The Hall–Kier alpha value is -2.99. The molecule has 0 spiro atoms. The minimum atomic E-state index is -3.76. The van der Waals surface area contributed by atoms with E-state index in [2.05, 4.69) is 25.6 Å². The van der Waals surface area contributed by atoms with Crippen molar-refractivity contribution in [2.45, 2.75) is 18.7 Å². The molecule has 0 aliphatic carbocycles. The van der Waals surface area contributed by atoms with Gasteiger partial charge in [-0.05, 0) is 34.6 Å². The number of nitrogens with two attached hydrogens (primary N) is 1. The number of carbonyl (C=O) groups excluding carboxylic acids is 2. The van der Waals surface area contributed by atoms with Gasteiger partial charge in [-0.3, -0.25) is 9.59 Å². The van der Waals surface area contributed by atoms with Crippen molar-refractivity contribution in [2.24, 2.45) is 0 Å². The molecule has 2 amide bonds. The maximum absolute atomic E-state index is 12.7. The molecule has 27 heavy (non-hydrogen) atoms. The zero-order valence-electron chi connectivity index (χ0n) is 14.8. The van der Waals surface area contributed by atoms with Crippen molar-refractivity contribution in [2.75, 3.05) is 30.7 Å². The van der Waals surface area contributed by atoms with Crippen molar-refractivity contribution in [1.29, 1.82) is 0 Å². The number of sulfonamides is 1. The van der Waals surface area contributed by atoms with Gasteiger partial charge in [0.1, 0.15) is 0 Å². The van der Waals surface area contributed by atoms with Crippen LogP contribution in [0.25, 0.3) is 0 Å². The summed E-state index contributed by atoms with van der Waals surface area (Å²) in [6.07, 6.45) is 0. The number of rotatable bonds is 8. The van der Waals surface area contributed by atoms with Crippen LogP contribution >= 0.6 is 0 Å². The van der Waals surface area contributed by atoms with Crippen LogP contribution < -0.4 is 16.4 Å². The van der Waals surface area contributed by atoms with Crippen molar-refractivity contribution in [3.8, 4) is 0 Å². The predicted molar refractivity (Wildman–Crippen MR) is 96.2 cm³/mol. The lowest BCUT2D eigenvalue weighted by Crippen LogP contribution is -2.38. The molecule has 0 saturated heterocycles. The molecule has 0 bridgehead atoms. The molecule has 0 aliphatic heterocycles. The SMILES string of the molecule is CCN(CCNC(=O)c1nonc1N)S(=O)(=O)c1ccc(NC(C)=O)cc1. The van der Waals surface area contributed by atoms with Gasteiger partial charge in [-0.2, -0.15) is 4.31 Å². The highest BCUT2D eigenvalue weighted by Gasteiger charge is 2.23. The molecule has 4 N–H and O–H groups in total. The third kappa shape index (κ3) is 5.01. The van der Waals surface area contributed by atoms with Gasteiger partial charge in [0, 0.05) is 32.2 Å². The van der Waals surface area contributed by atoms with Gasteiger partial charge in [0.05, 0.1) is 4.90 Å². The van der Waals surface area contributed by atoms with E-state index in [0.717, 1.165) is 0 Å². The van der Waals surface area contributed by atoms with E-state index in [4.69, 9.17) is 5.73 Å². The predicted octanol–water partition coefficient (Wildman–Crippen LogP) is 0.0508. The number of carbonyl (C=O) groups is 2. The molecule has 2 rings (SSSR count). The highest BCUT2D eigenvalue weighted by molar-refractivity contribution is 7.89. The molecule has 0 atom stereocenters. The number of benzene rings is 1. The molecular formula is C15H20N6O5S. The van der Waals surface area contributed by atoms with E-state index < -0.39 is 15.9 Å². The molecule has 146 valence electrons. The topological polar surface area (TPSA) is 161 Å². The lowest BCUT2D eigenvalue weighted by atomic mass is 10.3. The third-order valence-electron chi connectivity index (χ3n) is 3.54. The first-order valence-corrected chi connectivity index (χ1v) is 9.43. The molecule has 1 aromatic carbocycles. The van der Waals surface area contributed by atoms with Gasteiger partial charge in [-0.1, -0.05) is 6.92 Å². The Balaban J connectivity index is 2.01. The summed E-state index contributed by atoms with van der Waals surface area (Å²) >= 11 is 0. The van der Waals surface area contributed by atoms with Crippen LogP contribution in [0.1, 0.15) is 24.3 Å². The number of hydrogen-bond donors (Lipinski definition) is 3. The second kappa shape index (κ2) is 8.60. The molecule has 2 aromatic rings. The average Bonchev–Trinajstić information content (AvgIpc) is 3.04. The number of likely N-dealkylation sites (N-methyl/N-ethyl adjacent to an activating group) is 1. The second-order valence-corrected chi connectivity index (χ2v) is 7.39. The lowest BCUT2D eigenvalue weighted by Gasteiger charge is -2.20. The van der Waals surface area contributed by atoms with Gasteiger partial charge in [0.15, 0.2) is 0 Å². The van der Waals surface area contributed by atoms with Crippen molar-refractivity contribution in [3.63, 3.8) is 0 Å². The zero-order chi connectivity index (χ0) is 20.0. The largest absolute Gasteiger partial charge is 0.379 e. The van der Waals surface area contributed by atoms with Crippen LogP contribution in [0, 0.1) is 0 Å². The van der Waals surface area contributed by atoms with Crippen LogP contribution in [0.4, 0.5) is 11.5 Å². The molecule has 1 heterocycles. The fourth-order valence-electron chi connectivity index (χ4n) is 2.24. The molecule has 0 unspecified atom stereocenters. The van der Waals surface area contributed by atoms with E-state index >= 15 is 0 Å². The van der Waals surface area contributed by atoms with E-state index in [1.54, 1.807) is 6.92 Å². The fraction of sp³-hybridized carbons (Fsp3) is 0.333. The number of aromatic nitrogens is 2. The highest BCUT2D eigenvalue weighted by atomic mass is 32.2. The van der Waals surface area contributed by atoms with E-state index in [1.807, 2.05) is 0 Å². The van der Waals surface area contributed by atoms with E-state index in [0.29, 0.717) is 5.69 Å². The fourth-order valence-corrected chi connectivity index (χ4v) is 3.69. The quantitative estimate of drug-likeness (QED) is 0.564. The smallest absolute Gasteiger partial charge is 0.277 e. The Morgan fingerprint density at radius 2 is 1.89 bits per heavy atom. The summed E-state index contributed by atoms with van der Waals surface area (Å²) in [6.45, 7) is 3.34. The molecule has 1 aromatic heterocycles. The summed E-state index contributed by atoms with van der Waals surface area (Å²) in [5.74, 6) is -1.01. The van der Waals surface area contributed by atoms with Crippen molar-refractivity contribution in [1.82, 2.24) is 19.9 Å². The summed E-state index contributed by atoms with van der Waals surface area (Å²) in [7, 11) is -3.76. The monoisotopic (exact) mass is 396 g/mol. The van der Waals surface area contributed by atoms with E-state index in [1.165, 1.54) is 35.5 Å². The first-order chi connectivity index (χ1) is 12.8. The minimum Gasteiger partial charge on any atom is -0.379 e. The van der Waals surface area contributed by atoms with E-state index in [-0.39, 0.29) is 41.9 Å². The average molecular weight is 396 g/mol. The molecular weight excluding hydrogens is 376 g/mol. The minimum absolute atomic E-state index is 0.0438. The van der Waals surface area contributed by atoms with Gasteiger partial charge >= 0.3 is 0 Å². The number of nitrogens with one attached hydrogen (secondary N) is 2. The molecule has 0 fully saturated rings. The standard InChI is InChI=1S/C15H20N6O5S/c1-3-21(9-8-17-15(23)13-14(16)20-26-19-13)27(24,25)12-6-4-11(5-7-12)18-10(2)22/h4-7H,3,8-9H2,1-2H3,(H2,16,20)(H,17,23)(H,18,22). The van der Waals surface area contributed by atoms with Gasteiger partial charge in [-0.25, -0.2) is 13.0 Å². The molecule has 0 radical (unpaired) electrons. The molecule has 0 aliphatic rings. The number of nitrogens with zero attached hydrogens (tertiary/aromatic N) is 3. The number of amides is 2. The summed E-state index contributed by atoms with van der Waals surface area (Å²) < 4.78 is 31.0. The van der Waals surface area contributed by atoms with Crippen molar-refractivity contribution >= 4 is 33.3 Å². The first-order valence-electron chi connectivity index (χ1n) is 7.99. The van der Waals surface area contributed by atoms with Crippen LogP contribution in [-0.2, 0) is 14.8 Å². The van der Waals surface area contributed by atoms with Crippen LogP contribution in [-0.4, -0.2) is 54.5 Å². The Morgan fingerprint density at radius 3 is 2.41 bits per heavy atom. The second-order valence-electron chi connectivity index (χ2n) is 5.46. The summed E-state index contributed by atoms with van der Waals surface area (Å²) in [5.41, 5.74) is 5.76. The Kier molecular flexibility index (Phi) is 6.47. The third-order valence-corrected chi connectivity index (χ3v) is 5.53. The van der Waals surface area contributed by atoms with E-state index in [9.17, 15) is 18.0 Å². The summed E-state index contributed by atoms with van der Waals surface area (Å²) in [4.78, 5) is 23.0. The van der Waals surface area contributed by atoms with Crippen LogP contribution in [0.15, 0.2) is 33.8 Å². The first kappa shape index (κ1) is 20.3. The number of hydrogen-bond acceptors (Lipinski definition) is 8. The Bertz CT molecular complexity index is 909. The van der Waals surface area contributed by atoms with Gasteiger partial charge in [0.2, 0.25) is 27.4 Å². The maximum atomic E-state index is 12.7. The van der Waals surface area contributed by atoms with Gasteiger partial charge < -0.3 is 16.4 Å². The number of nitrogen functional groups attached to an aromatic ring is 1. The Labute approximate surface area is 155 Å². The maximum Gasteiger partial charge on any atom is 0.277 e. The van der Waals surface area contributed by atoms with Crippen LogP contribution in [0.2, 0.25) is 0 Å². The van der Waals surface area contributed by atoms with Gasteiger partial charge in [-0.15, -0.1) is 0 Å². The van der Waals surface area contributed by atoms with Gasteiger partial charge in [0.25, 0.3) is 5.91 Å². The van der Waals surface area contributed by atoms with Crippen molar-refractivity contribution in [3.05, 3.63) is 30.0 Å².